The first kappa shape index (κ1) is 19.0. The predicted molar refractivity (Wildman–Crippen MR) is 113 cm³/mol. The molecule has 0 unspecified atom stereocenters. The largest absolute Gasteiger partial charge is 0.349 e. The number of nitrogens with zero attached hydrogens (tertiary/aromatic N) is 4. The maximum absolute atomic E-state index is 12.8. The predicted octanol–water partition coefficient (Wildman–Crippen LogP) is 2.95. The van der Waals surface area contributed by atoms with Crippen molar-refractivity contribution >= 4 is 28.4 Å². The third-order valence-electron chi connectivity index (χ3n) is 4.90. The Balaban J connectivity index is 1.57. The van der Waals surface area contributed by atoms with Crippen molar-refractivity contribution in [3.8, 4) is 5.69 Å². The molecule has 0 aliphatic rings. The van der Waals surface area contributed by atoms with Crippen molar-refractivity contribution in [3.05, 3.63) is 81.1 Å². The maximum atomic E-state index is 12.8. The molecule has 8 heteroatoms. The molecule has 29 heavy (non-hydrogen) atoms. The Morgan fingerprint density at radius 1 is 1.10 bits per heavy atom. The maximum Gasteiger partial charge on any atom is 0.260 e. The molecule has 4 rings (SSSR count). The van der Waals surface area contributed by atoms with Gasteiger partial charge >= 0.3 is 0 Å². The van der Waals surface area contributed by atoms with Crippen LogP contribution in [0.1, 0.15) is 21.5 Å². The molecule has 3 aromatic heterocycles. The zero-order valence-corrected chi connectivity index (χ0v) is 17.1. The molecular weight excluding hydrogens is 390 g/mol. The first-order valence-electron chi connectivity index (χ1n) is 9.08. The van der Waals surface area contributed by atoms with E-state index < -0.39 is 0 Å². The smallest absolute Gasteiger partial charge is 0.260 e. The number of pyridine rings is 1. The Morgan fingerprint density at radius 3 is 2.55 bits per heavy atom. The van der Waals surface area contributed by atoms with Gasteiger partial charge in [-0.3, -0.25) is 9.59 Å². The van der Waals surface area contributed by atoms with E-state index in [2.05, 4.69) is 10.4 Å². The summed E-state index contributed by atoms with van der Waals surface area (Å²) >= 11 is 5.92. The van der Waals surface area contributed by atoms with Gasteiger partial charge in [0, 0.05) is 49.8 Å². The number of benzene rings is 1. The van der Waals surface area contributed by atoms with Crippen LogP contribution in [-0.4, -0.2) is 24.8 Å². The van der Waals surface area contributed by atoms with Gasteiger partial charge in [-0.25, -0.2) is 4.68 Å². The van der Waals surface area contributed by atoms with Gasteiger partial charge in [-0.05, 0) is 36.8 Å². The fraction of sp³-hybridized carbons (Fsp3) is 0.190. The van der Waals surface area contributed by atoms with Gasteiger partial charge < -0.3 is 14.5 Å². The van der Waals surface area contributed by atoms with Gasteiger partial charge in [-0.2, -0.15) is 5.10 Å². The standard InChI is InChI=1S/C21H20ClN5O2/c1-13-10-26(3)21(29)18-17(12-25(2)19(13)18)20(28)23-8-14-9-24-27(11-14)16-6-4-15(22)5-7-16/h4-7,9-12H,8H2,1-3H3,(H,23,28). The molecule has 4 aromatic rings. The summed E-state index contributed by atoms with van der Waals surface area (Å²) in [7, 11) is 3.52. The van der Waals surface area contributed by atoms with E-state index >= 15 is 0 Å². The molecule has 0 saturated carbocycles. The Kier molecular flexibility index (Phi) is 4.76. The number of carbonyl (C=O) groups is 1. The minimum absolute atomic E-state index is 0.188. The molecule has 0 saturated heterocycles. The van der Waals surface area contributed by atoms with Crippen LogP contribution in [0.25, 0.3) is 16.6 Å². The van der Waals surface area contributed by atoms with Gasteiger partial charge in [-0.1, -0.05) is 11.6 Å². The fourth-order valence-corrected chi connectivity index (χ4v) is 3.67. The van der Waals surface area contributed by atoms with Crippen molar-refractivity contribution in [1.29, 1.82) is 0 Å². The Morgan fingerprint density at radius 2 is 1.83 bits per heavy atom. The highest BCUT2D eigenvalue weighted by Gasteiger charge is 2.19. The molecule has 1 aromatic carbocycles. The van der Waals surface area contributed by atoms with Crippen molar-refractivity contribution in [3.63, 3.8) is 0 Å². The lowest BCUT2D eigenvalue weighted by Crippen LogP contribution is -2.25. The molecule has 0 radical (unpaired) electrons. The zero-order chi connectivity index (χ0) is 20.7. The highest BCUT2D eigenvalue weighted by atomic mass is 35.5. The van der Waals surface area contributed by atoms with Crippen molar-refractivity contribution in [2.24, 2.45) is 14.1 Å². The van der Waals surface area contributed by atoms with Crippen LogP contribution in [0.15, 0.2) is 53.8 Å². The molecule has 0 bridgehead atoms. The van der Waals surface area contributed by atoms with Crippen LogP contribution in [0.3, 0.4) is 0 Å². The van der Waals surface area contributed by atoms with Gasteiger partial charge in [0.25, 0.3) is 11.5 Å². The molecule has 7 nitrogen and oxygen atoms in total. The van der Waals surface area contributed by atoms with E-state index in [1.165, 1.54) is 4.57 Å². The SMILES string of the molecule is Cc1cn(C)c(=O)c2c(C(=O)NCc3cnn(-c4ccc(Cl)cc4)c3)cn(C)c12. The van der Waals surface area contributed by atoms with Crippen molar-refractivity contribution in [1.82, 2.24) is 24.2 Å². The number of hydrogen-bond acceptors (Lipinski definition) is 3. The number of halogens is 1. The molecule has 1 N–H and O–H groups in total. The van der Waals surface area contributed by atoms with E-state index in [-0.39, 0.29) is 11.5 Å². The van der Waals surface area contributed by atoms with E-state index in [0.29, 0.717) is 22.5 Å². The molecule has 3 heterocycles. The van der Waals surface area contributed by atoms with Crippen molar-refractivity contribution in [2.45, 2.75) is 13.5 Å². The fourth-order valence-electron chi connectivity index (χ4n) is 3.54. The van der Waals surface area contributed by atoms with Crippen LogP contribution < -0.4 is 10.9 Å². The van der Waals surface area contributed by atoms with Gasteiger partial charge in [0.2, 0.25) is 0 Å². The highest BCUT2D eigenvalue weighted by molar-refractivity contribution is 6.30. The summed E-state index contributed by atoms with van der Waals surface area (Å²) in [6.45, 7) is 2.23. The van der Waals surface area contributed by atoms with Crippen LogP contribution in [0.5, 0.6) is 0 Å². The molecule has 0 atom stereocenters. The Bertz CT molecular complexity index is 1280. The summed E-state index contributed by atoms with van der Waals surface area (Å²) in [6.07, 6.45) is 7.01. The first-order valence-corrected chi connectivity index (χ1v) is 9.46. The van der Waals surface area contributed by atoms with Crippen LogP contribution >= 0.6 is 11.6 Å². The van der Waals surface area contributed by atoms with E-state index in [1.54, 1.807) is 42.5 Å². The average molecular weight is 410 g/mol. The van der Waals surface area contributed by atoms with Crippen LogP contribution in [0, 0.1) is 6.92 Å². The zero-order valence-electron chi connectivity index (χ0n) is 16.3. The second-order valence-electron chi connectivity index (χ2n) is 7.06. The van der Waals surface area contributed by atoms with Crippen LogP contribution in [0.2, 0.25) is 5.02 Å². The number of rotatable bonds is 4. The summed E-state index contributed by atoms with van der Waals surface area (Å²) in [6, 6.07) is 7.32. The second kappa shape index (κ2) is 7.25. The van der Waals surface area contributed by atoms with Gasteiger partial charge in [0.15, 0.2) is 0 Å². The van der Waals surface area contributed by atoms with E-state index in [1.807, 2.05) is 36.9 Å². The number of hydrogen-bond donors (Lipinski definition) is 1. The minimum Gasteiger partial charge on any atom is -0.349 e. The van der Waals surface area contributed by atoms with E-state index in [9.17, 15) is 9.59 Å². The van der Waals surface area contributed by atoms with Crippen molar-refractivity contribution < 1.29 is 4.79 Å². The number of fused-ring (bicyclic) bond motifs is 1. The quantitative estimate of drug-likeness (QED) is 0.563. The third-order valence-corrected chi connectivity index (χ3v) is 5.15. The number of aryl methyl sites for hydroxylation is 3. The average Bonchev–Trinajstić information content (AvgIpc) is 3.30. The lowest BCUT2D eigenvalue weighted by atomic mass is 10.1. The molecule has 0 fully saturated rings. The number of nitrogens with one attached hydrogen (secondary N) is 1. The second-order valence-corrected chi connectivity index (χ2v) is 7.49. The van der Waals surface area contributed by atoms with E-state index in [4.69, 9.17) is 11.6 Å². The monoisotopic (exact) mass is 409 g/mol. The number of carbonyl (C=O) groups excluding carboxylic acids is 1. The van der Waals surface area contributed by atoms with E-state index in [0.717, 1.165) is 22.3 Å². The number of aromatic nitrogens is 4. The molecule has 0 aliphatic carbocycles. The van der Waals surface area contributed by atoms with Gasteiger partial charge in [-0.15, -0.1) is 0 Å². The van der Waals surface area contributed by atoms with Crippen LogP contribution in [0.4, 0.5) is 0 Å². The third kappa shape index (κ3) is 3.45. The summed E-state index contributed by atoms with van der Waals surface area (Å²) in [5, 5.41) is 8.30. The first-order chi connectivity index (χ1) is 13.8. The van der Waals surface area contributed by atoms with Gasteiger partial charge in [0.05, 0.1) is 28.4 Å². The summed E-state index contributed by atoms with van der Waals surface area (Å²) in [5.41, 5.74) is 3.61. The molecular formula is C21H20ClN5O2. The normalized spacial score (nSPS) is 11.2. The lowest BCUT2D eigenvalue weighted by Gasteiger charge is -2.05. The molecule has 0 spiro atoms. The summed E-state index contributed by atoms with van der Waals surface area (Å²) < 4.78 is 5.04. The number of amides is 1. The highest BCUT2D eigenvalue weighted by Crippen LogP contribution is 2.20. The Hall–Kier alpha value is -3.32. The lowest BCUT2D eigenvalue weighted by molar-refractivity contribution is 0.0952. The molecule has 148 valence electrons. The molecule has 0 aliphatic heterocycles. The summed E-state index contributed by atoms with van der Waals surface area (Å²) in [5.74, 6) is -0.294. The van der Waals surface area contributed by atoms with Gasteiger partial charge in [0.1, 0.15) is 0 Å². The Labute approximate surface area is 172 Å². The van der Waals surface area contributed by atoms with Crippen molar-refractivity contribution in [2.75, 3.05) is 0 Å². The summed E-state index contributed by atoms with van der Waals surface area (Å²) in [4.78, 5) is 25.4. The van der Waals surface area contributed by atoms with Crippen LogP contribution in [-0.2, 0) is 20.6 Å². The topological polar surface area (TPSA) is 73.8 Å². The minimum atomic E-state index is -0.294. The molecule has 1 amide bonds.